The lowest BCUT2D eigenvalue weighted by Gasteiger charge is -2.18. The first-order chi connectivity index (χ1) is 17.0. The second kappa shape index (κ2) is 11.0. The number of benzene rings is 3. The fraction of sp³-hybridized carbons (Fsp3) is 0.148. The van der Waals surface area contributed by atoms with E-state index in [1.165, 1.54) is 6.92 Å². The normalized spacial score (nSPS) is 11.5. The molecule has 178 valence electrons. The van der Waals surface area contributed by atoms with Crippen LogP contribution in [0.3, 0.4) is 0 Å². The molecule has 1 unspecified atom stereocenters. The molecule has 0 saturated heterocycles. The lowest BCUT2D eigenvalue weighted by Crippen LogP contribution is -2.44. The summed E-state index contributed by atoms with van der Waals surface area (Å²) in [7, 11) is 0. The second-order valence-corrected chi connectivity index (χ2v) is 8.04. The third-order valence-corrected chi connectivity index (χ3v) is 5.32. The summed E-state index contributed by atoms with van der Waals surface area (Å²) in [5.41, 5.74) is 3.06. The topological polar surface area (TPSA) is 112 Å². The number of aromatic amines is 1. The van der Waals surface area contributed by atoms with Gasteiger partial charge in [0, 0.05) is 47.9 Å². The summed E-state index contributed by atoms with van der Waals surface area (Å²) in [5, 5.41) is 9.31. The molecule has 4 aromatic rings. The molecule has 3 aromatic carbocycles. The van der Waals surface area contributed by atoms with Crippen LogP contribution in [0.2, 0.25) is 0 Å². The highest BCUT2D eigenvalue weighted by Crippen LogP contribution is 2.21. The molecule has 8 heteroatoms. The van der Waals surface area contributed by atoms with Crippen molar-refractivity contribution in [3.8, 4) is 5.75 Å². The molecule has 0 bridgehead atoms. The Kier molecular flexibility index (Phi) is 7.42. The van der Waals surface area contributed by atoms with Crippen molar-refractivity contribution in [3.05, 3.63) is 90.6 Å². The zero-order valence-corrected chi connectivity index (χ0v) is 19.2. The fourth-order valence-corrected chi connectivity index (χ4v) is 3.74. The van der Waals surface area contributed by atoms with Crippen molar-refractivity contribution in [2.45, 2.75) is 19.4 Å². The Labute approximate surface area is 202 Å². The van der Waals surface area contributed by atoms with Gasteiger partial charge in [-0.3, -0.25) is 14.4 Å². The molecular formula is C27H26N4O4. The smallest absolute Gasteiger partial charge is 0.262 e. The minimum Gasteiger partial charge on any atom is -0.484 e. The summed E-state index contributed by atoms with van der Waals surface area (Å²) < 4.78 is 5.58. The van der Waals surface area contributed by atoms with E-state index >= 15 is 0 Å². The molecule has 4 rings (SSSR count). The number of hydrogen-bond donors (Lipinski definition) is 4. The first-order valence-electron chi connectivity index (χ1n) is 11.2. The Morgan fingerprint density at radius 1 is 0.886 bits per heavy atom. The quantitative estimate of drug-likeness (QED) is 0.297. The summed E-state index contributed by atoms with van der Waals surface area (Å²) in [6, 6.07) is 22.9. The van der Waals surface area contributed by atoms with Gasteiger partial charge in [0.2, 0.25) is 11.8 Å². The van der Waals surface area contributed by atoms with Gasteiger partial charge in [-0.15, -0.1) is 0 Å². The molecule has 0 saturated carbocycles. The lowest BCUT2D eigenvalue weighted by molar-refractivity contribution is -0.125. The second-order valence-electron chi connectivity index (χ2n) is 8.04. The first kappa shape index (κ1) is 23.6. The van der Waals surface area contributed by atoms with Crippen LogP contribution in [-0.2, 0) is 20.8 Å². The van der Waals surface area contributed by atoms with E-state index in [9.17, 15) is 14.4 Å². The van der Waals surface area contributed by atoms with E-state index in [1.807, 2.05) is 48.7 Å². The molecule has 35 heavy (non-hydrogen) atoms. The Hall–Kier alpha value is -4.59. The Morgan fingerprint density at radius 2 is 1.63 bits per heavy atom. The van der Waals surface area contributed by atoms with Crippen LogP contribution in [0, 0.1) is 0 Å². The van der Waals surface area contributed by atoms with Crippen LogP contribution < -0.4 is 20.7 Å². The SMILES string of the molecule is CC(=O)NC(Cc1c[nH]c2ccccc12)C(=O)Nc1cccc(OCC(=O)Nc2ccccc2)c1. The molecule has 0 spiro atoms. The van der Waals surface area contributed by atoms with Gasteiger partial charge >= 0.3 is 0 Å². The summed E-state index contributed by atoms with van der Waals surface area (Å²) in [4.78, 5) is 40.2. The number of anilines is 2. The summed E-state index contributed by atoms with van der Waals surface area (Å²) in [6.45, 7) is 1.20. The number of para-hydroxylation sites is 2. The average Bonchev–Trinajstić information content (AvgIpc) is 3.26. The van der Waals surface area contributed by atoms with E-state index in [1.54, 1.807) is 36.4 Å². The van der Waals surface area contributed by atoms with Gasteiger partial charge in [0.05, 0.1) is 0 Å². The highest BCUT2D eigenvalue weighted by Gasteiger charge is 2.22. The van der Waals surface area contributed by atoms with Gasteiger partial charge in [-0.05, 0) is 35.9 Å². The molecule has 0 aliphatic carbocycles. The van der Waals surface area contributed by atoms with Gasteiger partial charge < -0.3 is 25.7 Å². The van der Waals surface area contributed by atoms with Crippen LogP contribution in [0.25, 0.3) is 10.9 Å². The maximum absolute atomic E-state index is 13.1. The average molecular weight is 471 g/mol. The molecule has 8 nitrogen and oxygen atoms in total. The number of aromatic nitrogens is 1. The van der Waals surface area contributed by atoms with Crippen LogP contribution in [0.1, 0.15) is 12.5 Å². The van der Waals surface area contributed by atoms with Gasteiger partial charge in [0.25, 0.3) is 5.91 Å². The van der Waals surface area contributed by atoms with Gasteiger partial charge in [-0.2, -0.15) is 0 Å². The number of H-pyrrole nitrogens is 1. The van der Waals surface area contributed by atoms with Crippen LogP contribution in [0.15, 0.2) is 85.1 Å². The predicted molar refractivity (Wildman–Crippen MR) is 135 cm³/mol. The number of rotatable bonds is 9. The minimum absolute atomic E-state index is 0.179. The molecule has 3 amide bonds. The van der Waals surface area contributed by atoms with Crippen LogP contribution in [0.4, 0.5) is 11.4 Å². The molecule has 1 atom stereocenters. The number of nitrogens with one attached hydrogen (secondary N) is 4. The number of carbonyl (C=O) groups is 3. The van der Waals surface area contributed by atoms with E-state index in [-0.39, 0.29) is 24.3 Å². The van der Waals surface area contributed by atoms with Crippen molar-refractivity contribution in [1.82, 2.24) is 10.3 Å². The van der Waals surface area contributed by atoms with Gasteiger partial charge in [0.15, 0.2) is 6.61 Å². The first-order valence-corrected chi connectivity index (χ1v) is 11.2. The molecule has 1 heterocycles. The van der Waals surface area contributed by atoms with Crippen molar-refractivity contribution in [1.29, 1.82) is 0 Å². The van der Waals surface area contributed by atoms with Crippen LogP contribution in [-0.4, -0.2) is 35.4 Å². The third kappa shape index (κ3) is 6.48. The van der Waals surface area contributed by atoms with E-state index in [4.69, 9.17) is 4.74 Å². The molecular weight excluding hydrogens is 444 g/mol. The van der Waals surface area contributed by atoms with Crippen molar-refractivity contribution in [2.75, 3.05) is 17.2 Å². The van der Waals surface area contributed by atoms with Gasteiger partial charge in [-0.25, -0.2) is 0 Å². The van der Waals surface area contributed by atoms with Crippen LogP contribution >= 0.6 is 0 Å². The summed E-state index contributed by atoms with van der Waals surface area (Å²) >= 11 is 0. The zero-order valence-electron chi connectivity index (χ0n) is 19.2. The Bertz CT molecular complexity index is 1330. The van der Waals surface area contributed by atoms with Gasteiger partial charge in [0.1, 0.15) is 11.8 Å². The van der Waals surface area contributed by atoms with E-state index in [0.717, 1.165) is 16.5 Å². The maximum Gasteiger partial charge on any atom is 0.262 e. The number of hydrogen-bond acceptors (Lipinski definition) is 4. The number of ether oxygens (including phenoxy) is 1. The maximum atomic E-state index is 13.1. The number of fused-ring (bicyclic) bond motifs is 1. The highest BCUT2D eigenvalue weighted by atomic mass is 16.5. The number of amides is 3. The summed E-state index contributed by atoms with van der Waals surface area (Å²) in [6.07, 6.45) is 2.17. The van der Waals surface area contributed by atoms with Crippen molar-refractivity contribution >= 4 is 40.0 Å². The number of carbonyl (C=O) groups excluding carboxylic acids is 3. The molecule has 4 N–H and O–H groups in total. The Balaban J connectivity index is 1.39. The fourth-order valence-electron chi connectivity index (χ4n) is 3.74. The molecule has 0 aliphatic heterocycles. The molecule has 0 fully saturated rings. The zero-order chi connectivity index (χ0) is 24.6. The van der Waals surface area contributed by atoms with Gasteiger partial charge in [-0.1, -0.05) is 42.5 Å². The lowest BCUT2D eigenvalue weighted by atomic mass is 10.0. The van der Waals surface area contributed by atoms with Crippen LogP contribution in [0.5, 0.6) is 5.75 Å². The van der Waals surface area contributed by atoms with Crippen molar-refractivity contribution in [2.24, 2.45) is 0 Å². The third-order valence-electron chi connectivity index (χ3n) is 5.32. The minimum atomic E-state index is -0.770. The van der Waals surface area contributed by atoms with E-state index in [0.29, 0.717) is 23.5 Å². The largest absolute Gasteiger partial charge is 0.484 e. The van der Waals surface area contributed by atoms with Crippen molar-refractivity contribution < 1.29 is 19.1 Å². The van der Waals surface area contributed by atoms with E-state index in [2.05, 4.69) is 20.9 Å². The Morgan fingerprint density at radius 3 is 2.43 bits per heavy atom. The molecule has 1 aromatic heterocycles. The summed E-state index contributed by atoms with van der Waals surface area (Å²) in [5.74, 6) is -0.523. The van der Waals surface area contributed by atoms with E-state index < -0.39 is 6.04 Å². The standard InChI is InChI=1S/C27H26N4O4/c1-18(32)29-25(14-19-16-28-24-13-6-5-12-23(19)24)27(34)31-21-10-7-11-22(15-21)35-17-26(33)30-20-8-3-2-4-9-20/h2-13,15-16,25,28H,14,17H2,1H3,(H,29,32)(H,30,33)(H,31,34). The monoisotopic (exact) mass is 470 g/mol. The molecule has 0 aliphatic rings. The predicted octanol–water partition coefficient (Wildman–Crippen LogP) is 3.87. The van der Waals surface area contributed by atoms with Crippen molar-refractivity contribution in [3.63, 3.8) is 0 Å². The highest BCUT2D eigenvalue weighted by molar-refractivity contribution is 5.98. The molecule has 0 radical (unpaired) electrons.